The van der Waals surface area contributed by atoms with Crippen LogP contribution in [0.2, 0.25) is 0 Å². The SMILES string of the molecule is CCOc1cncc(C(Cc2ccc(F)cc2F)NC)c1. The number of pyridine rings is 1. The summed E-state index contributed by atoms with van der Waals surface area (Å²) >= 11 is 0. The molecule has 0 spiro atoms. The Bertz CT molecular complexity index is 605. The summed E-state index contributed by atoms with van der Waals surface area (Å²) < 4.78 is 32.1. The van der Waals surface area contributed by atoms with Crippen molar-refractivity contribution in [1.29, 1.82) is 0 Å². The number of nitrogens with one attached hydrogen (secondary N) is 1. The van der Waals surface area contributed by atoms with Gasteiger partial charge in [-0.2, -0.15) is 0 Å². The number of hydrogen-bond donors (Lipinski definition) is 1. The average molecular weight is 292 g/mol. The first kappa shape index (κ1) is 15.4. The molecule has 0 aliphatic rings. The van der Waals surface area contributed by atoms with Crippen molar-refractivity contribution in [3.05, 3.63) is 59.4 Å². The van der Waals surface area contributed by atoms with E-state index < -0.39 is 11.6 Å². The molecule has 1 aromatic heterocycles. The molecule has 1 N–H and O–H groups in total. The smallest absolute Gasteiger partial charge is 0.137 e. The van der Waals surface area contributed by atoms with Crippen LogP contribution in [0, 0.1) is 11.6 Å². The maximum Gasteiger partial charge on any atom is 0.137 e. The second-order valence-corrected chi connectivity index (χ2v) is 4.67. The van der Waals surface area contributed by atoms with E-state index in [1.807, 2.05) is 13.0 Å². The van der Waals surface area contributed by atoms with E-state index in [4.69, 9.17) is 4.74 Å². The number of benzene rings is 1. The van der Waals surface area contributed by atoms with E-state index >= 15 is 0 Å². The largest absolute Gasteiger partial charge is 0.492 e. The van der Waals surface area contributed by atoms with E-state index in [1.165, 1.54) is 12.1 Å². The summed E-state index contributed by atoms with van der Waals surface area (Å²) in [4.78, 5) is 4.13. The molecular weight excluding hydrogens is 274 g/mol. The third kappa shape index (κ3) is 3.98. The minimum Gasteiger partial charge on any atom is -0.492 e. The molecule has 21 heavy (non-hydrogen) atoms. The van der Waals surface area contributed by atoms with Crippen molar-refractivity contribution in [2.24, 2.45) is 0 Å². The first-order valence-corrected chi connectivity index (χ1v) is 6.83. The first-order chi connectivity index (χ1) is 10.1. The van der Waals surface area contributed by atoms with Gasteiger partial charge in [0.05, 0.1) is 12.8 Å². The van der Waals surface area contributed by atoms with Crippen LogP contribution in [0.15, 0.2) is 36.7 Å². The zero-order valence-electron chi connectivity index (χ0n) is 12.1. The van der Waals surface area contributed by atoms with E-state index in [9.17, 15) is 8.78 Å². The van der Waals surface area contributed by atoms with Crippen molar-refractivity contribution in [2.75, 3.05) is 13.7 Å². The predicted molar refractivity (Wildman–Crippen MR) is 77.3 cm³/mol. The fourth-order valence-electron chi connectivity index (χ4n) is 2.17. The summed E-state index contributed by atoms with van der Waals surface area (Å²) in [5.41, 5.74) is 1.35. The molecule has 0 fully saturated rings. The molecule has 0 saturated heterocycles. The Hall–Kier alpha value is -2.01. The number of aromatic nitrogens is 1. The van der Waals surface area contributed by atoms with E-state index in [-0.39, 0.29) is 6.04 Å². The molecule has 1 aromatic carbocycles. The lowest BCUT2D eigenvalue weighted by Crippen LogP contribution is -2.19. The summed E-state index contributed by atoms with van der Waals surface area (Å²) in [6, 6.07) is 5.38. The summed E-state index contributed by atoms with van der Waals surface area (Å²) in [7, 11) is 1.79. The minimum atomic E-state index is -0.572. The van der Waals surface area contributed by atoms with E-state index in [1.54, 1.807) is 19.4 Å². The molecule has 0 saturated carbocycles. The van der Waals surface area contributed by atoms with Gasteiger partial charge < -0.3 is 10.1 Å². The van der Waals surface area contributed by atoms with E-state index in [2.05, 4.69) is 10.3 Å². The van der Waals surface area contributed by atoms with Gasteiger partial charge in [-0.3, -0.25) is 4.98 Å². The molecule has 0 aliphatic carbocycles. The van der Waals surface area contributed by atoms with Crippen LogP contribution in [0.4, 0.5) is 8.78 Å². The molecule has 0 amide bonds. The lowest BCUT2D eigenvalue weighted by Gasteiger charge is -2.17. The third-order valence-electron chi connectivity index (χ3n) is 3.24. The Balaban J connectivity index is 2.21. The van der Waals surface area contributed by atoms with Gasteiger partial charge >= 0.3 is 0 Å². The summed E-state index contributed by atoms with van der Waals surface area (Å²) in [6.07, 6.45) is 3.75. The van der Waals surface area contributed by atoms with Crippen LogP contribution < -0.4 is 10.1 Å². The fraction of sp³-hybridized carbons (Fsp3) is 0.312. The van der Waals surface area contributed by atoms with E-state index in [0.717, 1.165) is 11.6 Å². The minimum absolute atomic E-state index is 0.127. The predicted octanol–water partition coefficient (Wildman–Crippen LogP) is 3.26. The van der Waals surface area contributed by atoms with Crippen molar-refractivity contribution in [2.45, 2.75) is 19.4 Å². The summed E-state index contributed by atoms with van der Waals surface area (Å²) in [5.74, 6) is -0.434. The number of hydrogen-bond acceptors (Lipinski definition) is 3. The van der Waals surface area contributed by atoms with Gasteiger partial charge in [-0.1, -0.05) is 6.07 Å². The molecule has 112 valence electrons. The molecule has 2 rings (SSSR count). The zero-order valence-corrected chi connectivity index (χ0v) is 12.1. The highest BCUT2D eigenvalue weighted by atomic mass is 19.1. The molecule has 1 unspecified atom stereocenters. The van der Waals surface area contributed by atoms with Crippen LogP contribution in [0.3, 0.4) is 0 Å². The number of rotatable bonds is 6. The summed E-state index contributed by atoms with van der Waals surface area (Å²) in [5, 5.41) is 3.12. The van der Waals surface area contributed by atoms with Gasteiger partial charge in [0.15, 0.2) is 0 Å². The molecule has 1 heterocycles. The molecule has 1 atom stereocenters. The molecule has 5 heteroatoms. The van der Waals surface area contributed by atoms with Gasteiger partial charge in [-0.15, -0.1) is 0 Å². The lowest BCUT2D eigenvalue weighted by atomic mass is 10.00. The maximum absolute atomic E-state index is 13.8. The zero-order chi connectivity index (χ0) is 15.2. The van der Waals surface area contributed by atoms with Gasteiger partial charge in [0.25, 0.3) is 0 Å². The Morgan fingerprint density at radius 1 is 1.24 bits per heavy atom. The van der Waals surface area contributed by atoms with Crippen molar-refractivity contribution >= 4 is 0 Å². The molecule has 0 radical (unpaired) electrons. The highest BCUT2D eigenvalue weighted by molar-refractivity contribution is 5.28. The Morgan fingerprint density at radius 2 is 2.05 bits per heavy atom. The topological polar surface area (TPSA) is 34.1 Å². The second-order valence-electron chi connectivity index (χ2n) is 4.67. The van der Waals surface area contributed by atoms with Gasteiger partial charge in [-0.25, -0.2) is 8.78 Å². The van der Waals surface area contributed by atoms with E-state index in [0.29, 0.717) is 24.3 Å². The number of halogens is 2. The Kier molecular flexibility index (Phi) is 5.22. The number of ether oxygens (including phenoxy) is 1. The van der Waals surface area contributed by atoms with Crippen LogP contribution in [0.25, 0.3) is 0 Å². The van der Waals surface area contributed by atoms with Crippen LogP contribution in [-0.4, -0.2) is 18.6 Å². The number of likely N-dealkylation sites (N-methyl/N-ethyl adjacent to an activating group) is 1. The molecule has 0 aliphatic heterocycles. The van der Waals surface area contributed by atoms with Crippen LogP contribution in [0.1, 0.15) is 24.1 Å². The van der Waals surface area contributed by atoms with Crippen LogP contribution in [-0.2, 0) is 6.42 Å². The summed E-state index contributed by atoms with van der Waals surface area (Å²) in [6.45, 7) is 2.46. The maximum atomic E-state index is 13.8. The Morgan fingerprint density at radius 3 is 2.71 bits per heavy atom. The Labute approximate surface area is 123 Å². The second kappa shape index (κ2) is 7.13. The highest BCUT2D eigenvalue weighted by Crippen LogP contribution is 2.22. The molecule has 2 aromatic rings. The molecule has 3 nitrogen and oxygen atoms in total. The molecule has 0 bridgehead atoms. The quantitative estimate of drug-likeness (QED) is 0.887. The first-order valence-electron chi connectivity index (χ1n) is 6.83. The van der Waals surface area contributed by atoms with Crippen molar-refractivity contribution in [1.82, 2.24) is 10.3 Å². The van der Waals surface area contributed by atoms with Gasteiger partial charge in [0.1, 0.15) is 17.4 Å². The van der Waals surface area contributed by atoms with Crippen molar-refractivity contribution in [3.8, 4) is 5.75 Å². The number of nitrogens with zero attached hydrogens (tertiary/aromatic N) is 1. The standard InChI is InChI=1S/C16H18F2N2O/c1-3-21-14-6-12(9-20-10-14)16(19-2)7-11-4-5-13(17)8-15(11)18/h4-6,8-10,16,19H,3,7H2,1-2H3. The lowest BCUT2D eigenvalue weighted by molar-refractivity contribution is 0.338. The highest BCUT2D eigenvalue weighted by Gasteiger charge is 2.14. The molecular formula is C16H18F2N2O. The van der Waals surface area contributed by atoms with Crippen molar-refractivity contribution < 1.29 is 13.5 Å². The van der Waals surface area contributed by atoms with Crippen LogP contribution >= 0.6 is 0 Å². The van der Waals surface area contributed by atoms with Gasteiger partial charge in [-0.05, 0) is 43.7 Å². The van der Waals surface area contributed by atoms with Crippen LogP contribution in [0.5, 0.6) is 5.75 Å². The van der Waals surface area contributed by atoms with Crippen molar-refractivity contribution in [3.63, 3.8) is 0 Å². The van der Waals surface area contributed by atoms with Gasteiger partial charge in [0.2, 0.25) is 0 Å². The fourth-order valence-corrected chi connectivity index (χ4v) is 2.17. The normalized spacial score (nSPS) is 12.2. The average Bonchev–Trinajstić information content (AvgIpc) is 2.47. The third-order valence-corrected chi connectivity index (χ3v) is 3.24. The van der Waals surface area contributed by atoms with Gasteiger partial charge in [0, 0.05) is 18.3 Å². The monoisotopic (exact) mass is 292 g/mol.